The second kappa shape index (κ2) is 12.3. The minimum atomic E-state index is 0.0395. The van der Waals surface area contributed by atoms with E-state index >= 15 is 0 Å². The van der Waals surface area contributed by atoms with E-state index in [0.29, 0.717) is 43.9 Å². The first kappa shape index (κ1) is 23.9. The Balaban J connectivity index is 1.49. The number of carbonyl (C=O) groups is 1. The zero-order valence-corrected chi connectivity index (χ0v) is 20.6. The molecule has 0 heterocycles. The van der Waals surface area contributed by atoms with E-state index < -0.39 is 0 Å². The summed E-state index contributed by atoms with van der Waals surface area (Å²) in [5, 5.41) is 3.01. The Morgan fingerprint density at radius 3 is 2.44 bits per heavy atom. The van der Waals surface area contributed by atoms with Crippen molar-refractivity contribution in [2.45, 2.75) is 25.9 Å². The van der Waals surface area contributed by atoms with Gasteiger partial charge in [0.15, 0.2) is 11.5 Å². The van der Waals surface area contributed by atoms with Gasteiger partial charge >= 0.3 is 0 Å². The van der Waals surface area contributed by atoms with Crippen molar-refractivity contribution in [3.05, 3.63) is 87.0 Å². The van der Waals surface area contributed by atoms with Gasteiger partial charge in [-0.1, -0.05) is 36.4 Å². The number of methoxy groups -OCH3 is 2. The first-order chi connectivity index (χ1) is 15.6. The van der Waals surface area contributed by atoms with E-state index in [0.717, 1.165) is 26.0 Å². The molecule has 0 bridgehead atoms. The number of aryl methyl sites for hydroxylation is 1. The van der Waals surface area contributed by atoms with E-state index in [4.69, 9.17) is 14.2 Å². The Kier molecular flexibility index (Phi) is 9.22. The molecule has 0 fully saturated rings. The van der Waals surface area contributed by atoms with E-state index in [1.165, 1.54) is 0 Å². The molecule has 0 atom stereocenters. The smallest absolute Gasteiger partial charge is 0.220 e. The van der Waals surface area contributed by atoms with Crippen LogP contribution in [0.3, 0.4) is 0 Å². The normalized spacial score (nSPS) is 10.5. The van der Waals surface area contributed by atoms with Crippen LogP contribution in [0.25, 0.3) is 0 Å². The van der Waals surface area contributed by atoms with Crippen LogP contribution in [0.2, 0.25) is 0 Å². The predicted molar refractivity (Wildman–Crippen MR) is 135 cm³/mol. The van der Waals surface area contributed by atoms with Crippen LogP contribution in [0.5, 0.6) is 17.2 Å². The third kappa shape index (κ3) is 7.15. The second-order valence-corrected chi connectivity index (χ2v) is 8.48. The van der Waals surface area contributed by atoms with Gasteiger partial charge in [0.2, 0.25) is 5.91 Å². The molecule has 5 nitrogen and oxygen atoms in total. The minimum Gasteiger partial charge on any atom is -0.497 e. The summed E-state index contributed by atoms with van der Waals surface area (Å²) in [7, 11) is 3.28. The maximum absolute atomic E-state index is 12.3. The fraction of sp³-hybridized carbons (Fsp3) is 0.269. The number of rotatable bonds is 11. The molecule has 6 heteroatoms. The van der Waals surface area contributed by atoms with Gasteiger partial charge in [-0.15, -0.1) is 0 Å². The van der Waals surface area contributed by atoms with Gasteiger partial charge in [-0.3, -0.25) is 4.79 Å². The number of hydrogen-bond donors (Lipinski definition) is 1. The highest BCUT2D eigenvalue weighted by molar-refractivity contribution is 14.1. The molecule has 0 radical (unpaired) electrons. The van der Waals surface area contributed by atoms with Gasteiger partial charge in [-0.25, -0.2) is 0 Å². The first-order valence-corrected chi connectivity index (χ1v) is 11.6. The molecule has 0 saturated heterocycles. The molecular formula is C26H28INO4. The van der Waals surface area contributed by atoms with Gasteiger partial charge < -0.3 is 19.5 Å². The molecule has 0 aliphatic carbocycles. The van der Waals surface area contributed by atoms with Crippen molar-refractivity contribution in [2.24, 2.45) is 0 Å². The quantitative estimate of drug-likeness (QED) is 0.338. The largest absolute Gasteiger partial charge is 0.497 e. The average molecular weight is 545 g/mol. The molecular weight excluding hydrogens is 517 g/mol. The molecule has 0 spiro atoms. The molecule has 3 rings (SSSR count). The van der Waals surface area contributed by atoms with Crippen LogP contribution in [-0.4, -0.2) is 26.7 Å². The highest BCUT2D eigenvalue weighted by atomic mass is 127. The molecule has 0 aliphatic rings. The van der Waals surface area contributed by atoms with E-state index in [1.807, 2.05) is 66.7 Å². The summed E-state index contributed by atoms with van der Waals surface area (Å²) >= 11 is 2.29. The fourth-order valence-corrected chi connectivity index (χ4v) is 3.88. The summed E-state index contributed by atoms with van der Waals surface area (Å²) < 4.78 is 17.8. The molecule has 0 aliphatic heterocycles. The Morgan fingerprint density at radius 2 is 1.69 bits per heavy atom. The summed E-state index contributed by atoms with van der Waals surface area (Å²) in [5.41, 5.74) is 3.30. The number of halogens is 1. The third-order valence-corrected chi connectivity index (χ3v) is 6.13. The number of carbonyl (C=O) groups excluding carboxylic acids is 1. The van der Waals surface area contributed by atoms with E-state index in [1.54, 1.807) is 14.2 Å². The zero-order chi connectivity index (χ0) is 22.8. The van der Waals surface area contributed by atoms with Crippen molar-refractivity contribution < 1.29 is 19.0 Å². The topological polar surface area (TPSA) is 56.8 Å². The first-order valence-electron chi connectivity index (χ1n) is 10.5. The van der Waals surface area contributed by atoms with Gasteiger partial charge in [0.25, 0.3) is 0 Å². The molecule has 1 N–H and O–H groups in total. The Bertz CT molecular complexity index is 1020. The van der Waals surface area contributed by atoms with Crippen LogP contribution in [-0.2, 0) is 24.2 Å². The molecule has 3 aromatic carbocycles. The van der Waals surface area contributed by atoms with Crippen molar-refractivity contribution in [1.29, 1.82) is 0 Å². The van der Waals surface area contributed by atoms with Crippen LogP contribution < -0.4 is 19.5 Å². The van der Waals surface area contributed by atoms with Crippen molar-refractivity contribution >= 4 is 28.5 Å². The summed E-state index contributed by atoms with van der Waals surface area (Å²) in [4.78, 5) is 12.3. The zero-order valence-electron chi connectivity index (χ0n) is 18.4. The van der Waals surface area contributed by atoms with E-state index in [2.05, 4.69) is 27.9 Å². The van der Waals surface area contributed by atoms with E-state index in [9.17, 15) is 4.79 Å². The molecule has 168 valence electrons. The van der Waals surface area contributed by atoms with Crippen LogP contribution in [0.4, 0.5) is 0 Å². The van der Waals surface area contributed by atoms with Crippen molar-refractivity contribution in [3.8, 4) is 17.2 Å². The summed E-state index contributed by atoms with van der Waals surface area (Å²) in [6.45, 7) is 1.04. The standard InChI is InChI=1S/C26H28INO4/c1-30-22-10-11-23(27)21(17-22)9-13-26(29)28-15-14-19-8-12-24(31-2)25(16-19)32-18-20-6-4-3-5-7-20/h3-8,10-12,16-17H,9,13-15,18H2,1-2H3,(H,28,29). The molecule has 3 aromatic rings. The SMILES string of the molecule is COc1ccc(I)c(CCC(=O)NCCc2ccc(OC)c(OCc3ccccc3)c2)c1. The van der Waals surface area contributed by atoms with Gasteiger partial charge in [-0.05, 0) is 82.5 Å². The van der Waals surface area contributed by atoms with Crippen molar-refractivity contribution in [2.75, 3.05) is 20.8 Å². The van der Waals surface area contributed by atoms with Gasteiger partial charge in [-0.2, -0.15) is 0 Å². The van der Waals surface area contributed by atoms with Crippen LogP contribution in [0, 0.1) is 3.57 Å². The van der Waals surface area contributed by atoms with Gasteiger partial charge in [0.05, 0.1) is 14.2 Å². The number of benzene rings is 3. The molecule has 0 unspecified atom stereocenters. The molecule has 1 amide bonds. The predicted octanol–water partition coefficient (Wildman–Crippen LogP) is 5.18. The summed E-state index contributed by atoms with van der Waals surface area (Å²) in [5.74, 6) is 2.25. The van der Waals surface area contributed by atoms with Crippen LogP contribution in [0.1, 0.15) is 23.1 Å². The summed E-state index contributed by atoms with van der Waals surface area (Å²) in [6.07, 6.45) is 1.84. The lowest BCUT2D eigenvalue weighted by molar-refractivity contribution is -0.121. The Morgan fingerprint density at radius 1 is 0.875 bits per heavy atom. The van der Waals surface area contributed by atoms with Crippen molar-refractivity contribution in [3.63, 3.8) is 0 Å². The average Bonchev–Trinajstić information content (AvgIpc) is 2.83. The lowest BCUT2D eigenvalue weighted by Crippen LogP contribution is -2.26. The monoisotopic (exact) mass is 545 g/mol. The van der Waals surface area contributed by atoms with E-state index in [-0.39, 0.29) is 5.91 Å². The number of hydrogen-bond acceptors (Lipinski definition) is 4. The second-order valence-electron chi connectivity index (χ2n) is 7.32. The van der Waals surface area contributed by atoms with Gasteiger partial charge in [0.1, 0.15) is 12.4 Å². The molecule has 0 aromatic heterocycles. The highest BCUT2D eigenvalue weighted by Crippen LogP contribution is 2.29. The summed E-state index contributed by atoms with van der Waals surface area (Å²) in [6, 6.07) is 21.8. The highest BCUT2D eigenvalue weighted by Gasteiger charge is 2.09. The fourth-order valence-electron chi connectivity index (χ4n) is 3.28. The molecule has 32 heavy (non-hydrogen) atoms. The molecule has 0 saturated carbocycles. The third-order valence-electron chi connectivity index (χ3n) is 5.08. The maximum atomic E-state index is 12.3. The number of ether oxygens (including phenoxy) is 3. The Hall–Kier alpha value is -2.74. The number of nitrogens with one attached hydrogen (secondary N) is 1. The van der Waals surface area contributed by atoms with Crippen LogP contribution in [0.15, 0.2) is 66.7 Å². The Labute approximate surface area is 203 Å². The van der Waals surface area contributed by atoms with Crippen LogP contribution >= 0.6 is 22.6 Å². The lowest BCUT2D eigenvalue weighted by atomic mass is 10.1. The van der Waals surface area contributed by atoms with Crippen molar-refractivity contribution in [1.82, 2.24) is 5.32 Å². The van der Waals surface area contributed by atoms with Gasteiger partial charge in [0, 0.05) is 16.5 Å². The minimum absolute atomic E-state index is 0.0395. The lowest BCUT2D eigenvalue weighted by Gasteiger charge is -2.13. The number of amides is 1. The maximum Gasteiger partial charge on any atom is 0.220 e.